The minimum absolute atomic E-state index is 0.0277. The van der Waals surface area contributed by atoms with Gasteiger partial charge in [-0.25, -0.2) is 4.98 Å². The first-order chi connectivity index (χ1) is 10.1. The maximum Gasteiger partial charge on any atom is 0.308 e. The number of hydrogen-bond donors (Lipinski definition) is 1. The molecule has 0 aromatic carbocycles. The largest absolute Gasteiger partial charge is 0.469 e. The van der Waals surface area contributed by atoms with Crippen LogP contribution in [0.2, 0.25) is 5.15 Å². The molecule has 6 nitrogen and oxygen atoms in total. The second-order valence-electron chi connectivity index (χ2n) is 5.08. The molecule has 1 aromatic heterocycles. The van der Waals surface area contributed by atoms with Gasteiger partial charge in [0.2, 0.25) is 5.91 Å². The molecule has 2 rings (SSSR count). The standard InChI is InChI=1S/C14H18ClN3O3/c1-21-14(20)10-4-2-9(3-5-10)13(19)18-8-11-12(15)17-7-6-16-11/h6-7,9-10H,2-5,8H2,1H3,(H,18,19). The molecule has 1 amide bonds. The topological polar surface area (TPSA) is 81.2 Å². The van der Waals surface area contributed by atoms with Crippen LogP contribution in [0.5, 0.6) is 0 Å². The Balaban J connectivity index is 1.80. The van der Waals surface area contributed by atoms with Gasteiger partial charge in [-0.1, -0.05) is 11.6 Å². The molecule has 1 saturated carbocycles. The van der Waals surface area contributed by atoms with E-state index in [1.165, 1.54) is 19.5 Å². The molecule has 114 valence electrons. The quantitative estimate of drug-likeness (QED) is 0.856. The second-order valence-corrected chi connectivity index (χ2v) is 5.44. The van der Waals surface area contributed by atoms with E-state index in [2.05, 4.69) is 15.3 Å². The molecule has 0 radical (unpaired) electrons. The first-order valence-electron chi connectivity index (χ1n) is 6.92. The zero-order chi connectivity index (χ0) is 15.2. The third kappa shape index (κ3) is 4.14. The van der Waals surface area contributed by atoms with Gasteiger partial charge in [-0.15, -0.1) is 0 Å². The molecule has 0 atom stereocenters. The summed E-state index contributed by atoms with van der Waals surface area (Å²) < 4.78 is 4.73. The van der Waals surface area contributed by atoms with Crippen molar-refractivity contribution < 1.29 is 14.3 Å². The molecule has 1 heterocycles. The van der Waals surface area contributed by atoms with Crippen LogP contribution in [0.15, 0.2) is 12.4 Å². The van der Waals surface area contributed by atoms with Gasteiger partial charge in [-0.05, 0) is 25.7 Å². The van der Waals surface area contributed by atoms with Crippen LogP contribution in [-0.2, 0) is 20.9 Å². The molecular weight excluding hydrogens is 294 g/mol. The van der Waals surface area contributed by atoms with Gasteiger partial charge in [-0.3, -0.25) is 14.6 Å². The lowest BCUT2D eigenvalue weighted by atomic mass is 9.81. The van der Waals surface area contributed by atoms with Crippen molar-refractivity contribution in [3.8, 4) is 0 Å². The van der Waals surface area contributed by atoms with Gasteiger partial charge < -0.3 is 10.1 Å². The van der Waals surface area contributed by atoms with E-state index in [9.17, 15) is 9.59 Å². The van der Waals surface area contributed by atoms with Gasteiger partial charge in [-0.2, -0.15) is 0 Å². The van der Waals surface area contributed by atoms with Crippen LogP contribution in [0.25, 0.3) is 0 Å². The van der Waals surface area contributed by atoms with Crippen molar-refractivity contribution in [2.75, 3.05) is 7.11 Å². The average Bonchev–Trinajstić information content (AvgIpc) is 2.53. The van der Waals surface area contributed by atoms with Crippen molar-refractivity contribution in [2.24, 2.45) is 11.8 Å². The number of aromatic nitrogens is 2. The van der Waals surface area contributed by atoms with Crippen molar-refractivity contribution in [3.63, 3.8) is 0 Å². The molecule has 7 heteroatoms. The third-order valence-electron chi connectivity index (χ3n) is 3.79. The van der Waals surface area contributed by atoms with E-state index in [1.54, 1.807) is 0 Å². The molecule has 1 fully saturated rings. The van der Waals surface area contributed by atoms with Gasteiger partial charge in [0.05, 0.1) is 25.3 Å². The van der Waals surface area contributed by atoms with Crippen molar-refractivity contribution >= 4 is 23.5 Å². The Bertz CT molecular complexity index is 516. The summed E-state index contributed by atoms with van der Waals surface area (Å²) in [7, 11) is 1.39. The summed E-state index contributed by atoms with van der Waals surface area (Å²) >= 11 is 5.89. The summed E-state index contributed by atoms with van der Waals surface area (Å²) in [6.07, 6.45) is 5.81. The van der Waals surface area contributed by atoms with Gasteiger partial charge in [0, 0.05) is 18.3 Å². The predicted molar refractivity (Wildman–Crippen MR) is 76.4 cm³/mol. The Hall–Kier alpha value is -1.69. The van der Waals surface area contributed by atoms with E-state index in [0.29, 0.717) is 36.5 Å². The maximum absolute atomic E-state index is 12.1. The van der Waals surface area contributed by atoms with Crippen LogP contribution >= 0.6 is 11.6 Å². The highest BCUT2D eigenvalue weighted by atomic mass is 35.5. The Labute approximate surface area is 128 Å². The van der Waals surface area contributed by atoms with Gasteiger partial charge >= 0.3 is 5.97 Å². The number of esters is 1. The van der Waals surface area contributed by atoms with Crippen molar-refractivity contribution in [3.05, 3.63) is 23.2 Å². The lowest BCUT2D eigenvalue weighted by Gasteiger charge is -2.26. The van der Waals surface area contributed by atoms with Crippen LogP contribution in [0.4, 0.5) is 0 Å². The summed E-state index contributed by atoms with van der Waals surface area (Å²) in [6.45, 7) is 0.266. The number of ether oxygens (including phenoxy) is 1. The number of halogens is 1. The lowest BCUT2D eigenvalue weighted by Crippen LogP contribution is -2.34. The Kier molecular flexibility index (Phi) is 5.50. The fourth-order valence-corrected chi connectivity index (χ4v) is 2.71. The number of carbonyl (C=O) groups is 2. The smallest absolute Gasteiger partial charge is 0.308 e. The highest BCUT2D eigenvalue weighted by molar-refractivity contribution is 6.29. The highest BCUT2D eigenvalue weighted by Gasteiger charge is 2.30. The first kappa shape index (κ1) is 15.7. The van der Waals surface area contributed by atoms with Crippen molar-refractivity contribution in [1.82, 2.24) is 15.3 Å². The number of amides is 1. The zero-order valence-corrected chi connectivity index (χ0v) is 12.6. The van der Waals surface area contributed by atoms with E-state index in [4.69, 9.17) is 16.3 Å². The number of methoxy groups -OCH3 is 1. The lowest BCUT2D eigenvalue weighted by molar-refractivity contribution is -0.147. The SMILES string of the molecule is COC(=O)C1CCC(C(=O)NCc2nccnc2Cl)CC1. The minimum Gasteiger partial charge on any atom is -0.469 e. The Morgan fingerprint density at radius 1 is 1.24 bits per heavy atom. The molecular formula is C14H18ClN3O3. The zero-order valence-electron chi connectivity index (χ0n) is 11.8. The summed E-state index contributed by atoms with van der Waals surface area (Å²) in [5, 5.41) is 3.12. The third-order valence-corrected chi connectivity index (χ3v) is 4.10. The number of nitrogens with one attached hydrogen (secondary N) is 1. The van der Waals surface area contributed by atoms with Crippen molar-refractivity contribution in [1.29, 1.82) is 0 Å². The number of carbonyl (C=O) groups excluding carboxylic acids is 2. The molecule has 0 aliphatic heterocycles. The van der Waals surface area contributed by atoms with Gasteiger partial charge in [0.15, 0.2) is 5.15 Å². The van der Waals surface area contributed by atoms with Crippen molar-refractivity contribution in [2.45, 2.75) is 32.2 Å². The summed E-state index contributed by atoms with van der Waals surface area (Å²) in [6, 6.07) is 0. The molecule has 1 N–H and O–H groups in total. The molecule has 21 heavy (non-hydrogen) atoms. The van der Waals surface area contributed by atoms with E-state index < -0.39 is 0 Å². The molecule has 1 aromatic rings. The normalized spacial score (nSPS) is 21.6. The van der Waals surface area contributed by atoms with Crippen LogP contribution < -0.4 is 5.32 Å². The predicted octanol–water partition coefficient (Wildman–Crippen LogP) is 1.73. The van der Waals surface area contributed by atoms with E-state index in [-0.39, 0.29) is 30.3 Å². The average molecular weight is 312 g/mol. The second kappa shape index (κ2) is 7.36. The van der Waals surface area contributed by atoms with E-state index >= 15 is 0 Å². The molecule has 1 aliphatic carbocycles. The minimum atomic E-state index is -0.180. The Morgan fingerprint density at radius 3 is 2.48 bits per heavy atom. The molecule has 0 spiro atoms. The van der Waals surface area contributed by atoms with E-state index in [0.717, 1.165) is 0 Å². The Morgan fingerprint density at radius 2 is 1.86 bits per heavy atom. The fourth-order valence-electron chi connectivity index (χ4n) is 2.54. The van der Waals surface area contributed by atoms with Crippen LogP contribution in [0.3, 0.4) is 0 Å². The van der Waals surface area contributed by atoms with Gasteiger partial charge in [0.25, 0.3) is 0 Å². The molecule has 1 aliphatic rings. The summed E-state index contributed by atoms with van der Waals surface area (Å²) in [4.78, 5) is 31.5. The molecule has 0 unspecified atom stereocenters. The van der Waals surface area contributed by atoms with E-state index in [1.807, 2.05) is 0 Å². The first-order valence-corrected chi connectivity index (χ1v) is 7.30. The van der Waals surface area contributed by atoms with Crippen LogP contribution in [0.1, 0.15) is 31.4 Å². The molecule has 0 saturated heterocycles. The molecule has 0 bridgehead atoms. The number of nitrogens with zero attached hydrogens (tertiary/aromatic N) is 2. The fraction of sp³-hybridized carbons (Fsp3) is 0.571. The summed E-state index contributed by atoms with van der Waals surface area (Å²) in [5.74, 6) is -0.352. The summed E-state index contributed by atoms with van der Waals surface area (Å²) in [5.41, 5.74) is 0.552. The number of rotatable bonds is 4. The maximum atomic E-state index is 12.1. The van der Waals surface area contributed by atoms with Crippen LogP contribution in [-0.4, -0.2) is 29.0 Å². The van der Waals surface area contributed by atoms with Gasteiger partial charge in [0.1, 0.15) is 0 Å². The number of hydrogen-bond acceptors (Lipinski definition) is 5. The monoisotopic (exact) mass is 311 g/mol. The van der Waals surface area contributed by atoms with Crippen LogP contribution in [0, 0.1) is 11.8 Å². The highest BCUT2D eigenvalue weighted by Crippen LogP contribution is 2.29.